The minimum absolute atomic E-state index is 0.0300. The lowest BCUT2D eigenvalue weighted by Crippen LogP contribution is -2.51. The van der Waals surface area contributed by atoms with E-state index in [-0.39, 0.29) is 30.4 Å². The van der Waals surface area contributed by atoms with Crippen molar-refractivity contribution in [3.63, 3.8) is 0 Å². The maximum absolute atomic E-state index is 12.8. The smallest absolute Gasteiger partial charge is 0.261 e. The highest BCUT2D eigenvalue weighted by Gasteiger charge is 2.21. The lowest BCUT2D eigenvalue weighted by Gasteiger charge is -2.26. The fourth-order valence-electron chi connectivity index (χ4n) is 3.11. The van der Waals surface area contributed by atoms with E-state index in [1.165, 1.54) is 11.2 Å². The Kier molecular flexibility index (Phi) is 5.22. The van der Waals surface area contributed by atoms with Gasteiger partial charge in [-0.05, 0) is 29.8 Å². The van der Waals surface area contributed by atoms with Gasteiger partial charge in [0.15, 0.2) is 12.0 Å². The van der Waals surface area contributed by atoms with Gasteiger partial charge in [0.05, 0.1) is 17.5 Å². The van der Waals surface area contributed by atoms with Gasteiger partial charge in [0.2, 0.25) is 5.91 Å². The third-order valence-corrected chi connectivity index (χ3v) is 4.91. The van der Waals surface area contributed by atoms with E-state index in [0.717, 1.165) is 0 Å². The van der Waals surface area contributed by atoms with Crippen LogP contribution in [-0.2, 0) is 9.59 Å². The maximum Gasteiger partial charge on any atom is 0.261 e. The first-order valence-corrected chi connectivity index (χ1v) is 9.38. The molecule has 2 aromatic carbocycles. The Bertz CT molecular complexity index is 1140. The Morgan fingerprint density at radius 2 is 1.97 bits per heavy atom. The zero-order valence-electron chi connectivity index (χ0n) is 15.3. The molecule has 1 aliphatic rings. The molecule has 1 saturated heterocycles. The topological polar surface area (TPSA) is 88.8 Å². The number of nitrogens with zero attached hydrogens (tertiary/aromatic N) is 1. The lowest BCUT2D eigenvalue weighted by molar-refractivity contribution is -0.139. The highest BCUT2D eigenvalue weighted by molar-refractivity contribution is 6.30. The number of fused-ring (bicyclic) bond motifs is 1. The number of halogens is 1. The third-order valence-electron chi connectivity index (χ3n) is 4.65. The summed E-state index contributed by atoms with van der Waals surface area (Å²) in [6.45, 7) is 0.712. The van der Waals surface area contributed by atoms with Crippen LogP contribution in [0.15, 0.2) is 57.9 Å². The summed E-state index contributed by atoms with van der Waals surface area (Å²) in [5, 5.41) is 3.65. The van der Waals surface area contributed by atoms with Crippen LogP contribution < -0.4 is 15.5 Å². The summed E-state index contributed by atoms with van der Waals surface area (Å²) in [5.74, 6) is -0.0669. The Balaban J connectivity index is 1.52. The molecule has 2 heterocycles. The largest absolute Gasteiger partial charge is 0.484 e. The van der Waals surface area contributed by atoms with Gasteiger partial charge < -0.3 is 19.4 Å². The molecule has 4 rings (SSSR count). The highest BCUT2D eigenvalue weighted by atomic mass is 35.5. The number of ether oxygens (including phenoxy) is 1. The number of piperazine rings is 1. The van der Waals surface area contributed by atoms with Crippen LogP contribution >= 0.6 is 11.6 Å². The van der Waals surface area contributed by atoms with E-state index in [9.17, 15) is 14.4 Å². The van der Waals surface area contributed by atoms with Crippen LogP contribution in [0.25, 0.3) is 22.1 Å². The van der Waals surface area contributed by atoms with Crippen molar-refractivity contribution in [3.05, 3.63) is 64.0 Å². The van der Waals surface area contributed by atoms with E-state index < -0.39 is 0 Å². The van der Waals surface area contributed by atoms with Crippen LogP contribution in [-0.4, -0.2) is 43.0 Å². The molecule has 1 N–H and O–H groups in total. The number of carbonyl (C=O) groups excluding carboxylic acids is 2. The van der Waals surface area contributed by atoms with Crippen LogP contribution in [0.2, 0.25) is 5.02 Å². The van der Waals surface area contributed by atoms with E-state index in [0.29, 0.717) is 46.0 Å². The summed E-state index contributed by atoms with van der Waals surface area (Å²) < 4.78 is 11.2. The number of hydrogen-bond donors (Lipinski definition) is 1. The molecule has 0 atom stereocenters. The second-order valence-electron chi connectivity index (χ2n) is 6.60. The number of benzene rings is 2. The van der Waals surface area contributed by atoms with Crippen LogP contribution in [0.5, 0.6) is 5.75 Å². The van der Waals surface area contributed by atoms with Gasteiger partial charge in [-0.25, -0.2) is 0 Å². The van der Waals surface area contributed by atoms with Crippen LogP contribution in [0.1, 0.15) is 0 Å². The van der Waals surface area contributed by atoms with Gasteiger partial charge in [0.1, 0.15) is 17.6 Å². The van der Waals surface area contributed by atoms with Crippen molar-refractivity contribution in [2.45, 2.75) is 0 Å². The molecule has 0 radical (unpaired) electrons. The summed E-state index contributed by atoms with van der Waals surface area (Å²) >= 11 is 5.90. The molecule has 0 aliphatic carbocycles. The summed E-state index contributed by atoms with van der Waals surface area (Å²) in [7, 11) is 0. The van der Waals surface area contributed by atoms with Gasteiger partial charge in [-0.15, -0.1) is 0 Å². The van der Waals surface area contributed by atoms with E-state index in [1.54, 1.807) is 42.5 Å². The lowest BCUT2D eigenvalue weighted by atomic mass is 10.1. The van der Waals surface area contributed by atoms with Crippen molar-refractivity contribution in [2.24, 2.45) is 0 Å². The fraction of sp³-hybridized carbons (Fsp3) is 0.190. The SMILES string of the molecule is O=C1CN(C(=O)COc2ccc3c(=O)c(-c4ccc(Cl)cc4)coc3c2)CCN1. The molecular formula is C21H17ClN2O5. The molecule has 8 heteroatoms. The standard InChI is InChI=1S/C21H17ClN2O5/c22-14-3-1-13(2-4-14)17-11-29-18-9-15(5-6-16(18)21(17)27)28-12-20(26)24-8-7-23-19(25)10-24/h1-6,9,11H,7-8,10,12H2,(H,23,25). The summed E-state index contributed by atoms with van der Waals surface area (Å²) in [6.07, 6.45) is 1.40. The zero-order chi connectivity index (χ0) is 20.4. The monoisotopic (exact) mass is 412 g/mol. The summed E-state index contributed by atoms with van der Waals surface area (Å²) in [5.41, 5.74) is 1.33. The number of rotatable bonds is 4. The Labute approximate surface area is 170 Å². The Morgan fingerprint density at radius 3 is 2.72 bits per heavy atom. The zero-order valence-corrected chi connectivity index (χ0v) is 16.1. The summed E-state index contributed by atoms with van der Waals surface area (Å²) in [6, 6.07) is 11.7. The van der Waals surface area contributed by atoms with Gasteiger partial charge in [-0.3, -0.25) is 14.4 Å². The molecule has 3 aromatic rings. The quantitative estimate of drug-likeness (QED) is 0.711. The second kappa shape index (κ2) is 7.97. The van der Waals surface area contributed by atoms with Crippen molar-refractivity contribution in [1.29, 1.82) is 0 Å². The number of carbonyl (C=O) groups is 2. The molecule has 2 amide bonds. The van der Waals surface area contributed by atoms with Gasteiger partial charge in [-0.1, -0.05) is 23.7 Å². The molecule has 0 unspecified atom stereocenters. The minimum Gasteiger partial charge on any atom is -0.484 e. The Morgan fingerprint density at radius 1 is 1.17 bits per heavy atom. The van der Waals surface area contributed by atoms with Gasteiger partial charge in [0.25, 0.3) is 5.91 Å². The highest BCUT2D eigenvalue weighted by Crippen LogP contribution is 2.24. The molecule has 7 nitrogen and oxygen atoms in total. The molecule has 1 aliphatic heterocycles. The molecule has 1 fully saturated rings. The molecule has 148 valence electrons. The normalized spacial score (nSPS) is 14.0. The van der Waals surface area contributed by atoms with Gasteiger partial charge in [-0.2, -0.15) is 0 Å². The van der Waals surface area contributed by atoms with Crippen molar-refractivity contribution in [2.75, 3.05) is 26.2 Å². The average Bonchev–Trinajstić information content (AvgIpc) is 2.73. The van der Waals surface area contributed by atoms with Crippen molar-refractivity contribution >= 4 is 34.4 Å². The second-order valence-corrected chi connectivity index (χ2v) is 7.03. The van der Waals surface area contributed by atoms with Crippen LogP contribution in [0, 0.1) is 0 Å². The van der Waals surface area contributed by atoms with E-state index in [2.05, 4.69) is 5.32 Å². The van der Waals surface area contributed by atoms with Crippen LogP contribution in [0.4, 0.5) is 0 Å². The first-order chi connectivity index (χ1) is 14.0. The van der Waals surface area contributed by atoms with E-state index in [4.69, 9.17) is 20.8 Å². The molecule has 29 heavy (non-hydrogen) atoms. The molecule has 0 bridgehead atoms. The number of hydrogen-bond acceptors (Lipinski definition) is 5. The Hall–Kier alpha value is -3.32. The predicted octanol–water partition coefficient (Wildman–Crippen LogP) is 2.45. The fourth-order valence-corrected chi connectivity index (χ4v) is 3.24. The third kappa shape index (κ3) is 4.09. The number of amides is 2. The molecular weight excluding hydrogens is 396 g/mol. The number of nitrogens with one attached hydrogen (secondary N) is 1. The predicted molar refractivity (Wildman–Crippen MR) is 108 cm³/mol. The van der Waals surface area contributed by atoms with Crippen molar-refractivity contribution < 1.29 is 18.7 Å². The van der Waals surface area contributed by atoms with E-state index in [1.807, 2.05) is 0 Å². The molecule has 0 saturated carbocycles. The maximum atomic E-state index is 12.8. The minimum atomic E-state index is -0.278. The van der Waals surface area contributed by atoms with Crippen molar-refractivity contribution in [1.82, 2.24) is 10.2 Å². The van der Waals surface area contributed by atoms with Gasteiger partial charge >= 0.3 is 0 Å². The summed E-state index contributed by atoms with van der Waals surface area (Å²) in [4.78, 5) is 37.8. The average molecular weight is 413 g/mol. The van der Waals surface area contributed by atoms with Crippen LogP contribution in [0.3, 0.4) is 0 Å². The first kappa shape index (κ1) is 19.0. The van der Waals surface area contributed by atoms with Gasteiger partial charge in [0, 0.05) is 24.2 Å². The first-order valence-electron chi connectivity index (χ1n) is 9.00. The molecule has 1 aromatic heterocycles. The molecule has 0 spiro atoms. The van der Waals surface area contributed by atoms with Crippen molar-refractivity contribution in [3.8, 4) is 16.9 Å². The van der Waals surface area contributed by atoms with E-state index >= 15 is 0 Å².